The number of benzene rings is 2. The highest BCUT2D eigenvalue weighted by Crippen LogP contribution is 2.48. The molecule has 8 heteroatoms. The molecular weight excluding hydrogens is 474 g/mol. The molecule has 36 heavy (non-hydrogen) atoms. The van der Waals surface area contributed by atoms with E-state index in [1.165, 1.54) is 21.2 Å². The molecular formula is C28H27N3O4S. The minimum Gasteiger partial charge on any atom is -0.492 e. The van der Waals surface area contributed by atoms with Gasteiger partial charge in [-0.05, 0) is 72.4 Å². The summed E-state index contributed by atoms with van der Waals surface area (Å²) in [7, 11) is 0. The molecule has 4 aliphatic rings. The molecule has 0 saturated carbocycles. The molecule has 1 N–H and O–H groups in total. The summed E-state index contributed by atoms with van der Waals surface area (Å²) in [5, 5.41) is 5.86. The van der Waals surface area contributed by atoms with Gasteiger partial charge in [0.15, 0.2) is 0 Å². The second kappa shape index (κ2) is 8.15. The van der Waals surface area contributed by atoms with Crippen molar-refractivity contribution in [1.82, 2.24) is 15.1 Å². The summed E-state index contributed by atoms with van der Waals surface area (Å²) in [4.78, 5) is 41.3. The van der Waals surface area contributed by atoms with Crippen LogP contribution in [0.2, 0.25) is 0 Å². The molecule has 1 spiro atoms. The van der Waals surface area contributed by atoms with E-state index in [4.69, 9.17) is 4.74 Å². The third kappa shape index (κ3) is 3.38. The first-order valence-corrected chi connectivity index (χ1v) is 13.5. The number of hydrogen-bond acceptors (Lipinski definition) is 6. The van der Waals surface area contributed by atoms with Crippen LogP contribution in [-0.2, 0) is 28.1 Å². The minimum atomic E-state index is -0.594. The van der Waals surface area contributed by atoms with Crippen molar-refractivity contribution < 1.29 is 19.1 Å². The van der Waals surface area contributed by atoms with Gasteiger partial charge in [-0.2, -0.15) is 0 Å². The summed E-state index contributed by atoms with van der Waals surface area (Å²) < 4.78 is 7.55. The third-order valence-corrected chi connectivity index (χ3v) is 9.47. The van der Waals surface area contributed by atoms with Crippen LogP contribution in [0.15, 0.2) is 41.8 Å². The number of carbonyl (C=O) groups excluding carboxylic acids is 3. The Bertz CT molecular complexity index is 1420. The quantitative estimate of drug-likeness (QED) is 0.555. The Morgan fingerprint density at radius 1 is 1.11 bits per heavy atom. The first-order valence-electron chi connectivity index (χ1n) is 12.6. The number of nitrogens with one attached hydrogen (secondary N) is 1. The van der Waals surface area contributed by atoms with Gasteiger partial charge >= 0.3 is 0 Å². The Hall–Kier alpha value is -3.23. The Morgan fingerprint density at radius 2 is 1.97 bits per heavy atom. The predicted octanol–water partition coefficient (Wildman–Crippen LogP) is 3.59. The highest BCUT2D eigenvalue weighted by molar-refractivity contribution is 7.17. The monoisotopic (exact) mass is 501 g/mol. The van der Waals surface area contributed by atoms with E-state index in [9.17, 15) is 14.4 Å². The van der Waals surface area contributed by atoms with E-state index in [2.05, 4.69) is 45.9 Å². The normalized spacial score (nSPS) is 23.2. The number of thiophene rings is 1. The van der Waals surface area contributed by atoms with Crippen LogP contribution in [0.1, 0.15) is 52.7 Å². The second-order valence-corrected chi connectivity index (χ2v) is 11.4. The summed E-state index contributed by atoms with van der Waals surface area (Å²) in [6.45, 7) is 4.03. The van der Waals surface area contributed by atoms with E-state index in [0.717, 1.165) is 43.8 Å². The van der Waals surface area contributed by atoms with Crippen molar-refractivity contribution in [3.63, 3.8) is 0 Å². The number of carbonyl (C=O) groups is 3. The number of amides is 3. The zero-order chi connectivity index (χ0) is 24.4. The first-order chi connectivity index (χ1) is 17.5. The van der Waals surface area contributed by atoms with E-state index in [1.54, 1.807) is 4.90 Å². The smallest absolute Gasteiger partial charge is 0.255 e. The van der Waals surface area contributed by atoms with Crippen LogP contribution >= 0.6 is 11.3 Å². The van der Waals surface area contributed by atoms with Gasteiger partial charge < -0.3 is 9.64 Å². The largest absolute Gasteiger partial charge is 0.492 e. The fourth-order valence-corrected chi connectivity index (χ4v) is 7.30. The van der Waals surface area contributed by atoms with Gasteiger partial charge in [0.2, 0.25) is 11.8 Å². The summed E-state index contributed by atoms with van der Waals surface area (Å²) in [6.07, 6.45) is 2.67. The lowest BCUT2D eigenvalue weighted by molar-refractivity contribution is -0.136. The maximum absolute atomic E-state index is 13.2. The number of likely N-dealkylation sites (tertiary alicyclic amines) is 1. The van der Waals surface area contributed by atoms with Gasteiger partial charge in [0.05, 0.1) is 6.61 Å². The highest BCUT2D eigenvalue weighted by Gasteiger charge is 2.46. The molecule has 0 radical (unpaired) electrons. The van der Waals surface area contributed by atoms with Gasteiger partial charge in [-0.15, -0.1) is 11.3 Å². The zero-order valence-corrected chi connectivity index (χ0v) is 20.7. The number of hydrogen-bond donors (Lipinski definition) is 1. The average molecular weight is 502 g/mol. The summed E-state index contributed by atoms with van der Waals surface area (Å²) in [5.74, 6) is 0.0138. The standard InChI is InChI=1S/C28H27N3O4S/c32-24-5-4-22(26(33)29-24)31-15-19-12-21-23(13-20(19)27(31)34)35-16-28(21)7-9-30(10-8-28)14-18-3-1-2-17-6-11-36-25(17)18/h1-3,6,11-13,22H,4-5,7-10,14-16H2,(H,29,32,33). The van der Waals surface area contributed by atoms with Gasteiger partial charge in [-0.1, -0.05) is 18.2 Å². The summed E-state index contributed by atoms with van der Waals surface area (Å²) in [5.41, 5.74) is 4.16. The lowest BCUT2D eigenvalue weighted by atomic mass is 9.74. The van der Waals surface area contributed by atoms with E-state index < -0.39 is 6.04 Å². The number of rotatable bonds is 3. The molecule has 1 unspecified atom stereocenters. The third-order valence-electron chi connectivity index (χ3n) is 8.47. The lowest BCUT2D eigenvalue weighted by Gasteiger charge is -2.38. The molecule has 184 valence electrons. The number of imide groups is 1. The van der Waals surface area contributed by atoms with Gasteiger partial charge in [-0.25, -0.2) is 0 Å². The molecule has 7 nitrogen and oxygen atoms in total. The molecule has 2 aromatic carbocycles. The topological polar surface area (TPSA) is 79.0 Å². The fourth-order valence-electron chi connectivity index (χ4n) is 6.40. The van der Waals surface area contributed by atoms with Crippen molar-refractivity contribution in [2.45, 2.75) is 50.2 Å². The van der Waals surface area contributed by atoms with Gasteiger partial charge in [0.1, 0.15) is 11.8 Å². The molecule has 5 heterocycles. The number of nitrogens with zero attached hydrogens (tertiary/aromatic N) is 2. The molecule has 1 atom stereocenters. The molecule has 7 rings (SSSR count). The van der Waals surface area contributed by atoms with Crippen molar-refractivity contribution in [2.24, 2.45) is 0 Å². The van der Waals surface area contributed by atoms with Crippen LogP contribution in [-0.4, -0.2) is 53.3 Å². The molecule has 0 bridgehead atoms. The Kier molecular flexibility index (Phi) is 4.98. The lowest BCUT2D eigenvalue weighted by Crippen LogP contribution is -2.52. The minimum absolute atomic E-state index is 0.0269. The van der Waals surface area contributed by atoms with Crippen LogP contribution in [0.4, 0.5) is 0 Å². The summed E-state index contributed by atoms with van der Waals surface area (Å²) >= 11 is 1.81. The highest BCUT2D eigenvalue weighted by atomic mass is 32.1. The zero-order valence-electron chi connectivity index (χ0n) is 19.9. The van der Waals surface area contributed by atoms with E-state index in [0.29, 0.717) is 25.1 Å². The van der Waals surface area contributed by atoms with Crippen molar-refractivity contribution >= 4 is 39.1 Å². The van der Waals surface area contributed by atoms with E-state index in [1.807, 2.05) is 17.4 Å². The average Bonchev–Trinajstić information content (AvgIpc) is 3.57. The molecule has 0 aliphatic carbocycles. The van der Waals surface area contributed by atoms with Gasteiger partial charge in [-0.3, -0.25) is 24.6 Å². The molecule has 3 aromatic rings. The predicted molar refractivity (Wildman–Crippen MR) is 136 cm³/mol. The first kappa shape index (κ1) is 22.0. The van der Waals surface area contributed by atoms with Crippen molar-refractivity contribution in [3.05, 3.63) is 64.0 Å². The molecule has 2 saturated heterocycles. The van der Waals surface area contributed by atoms with E-state index in [-0.39, 0.29) is 29.6 Å². The van der Waals surface area contributed by atoms with Crippen molar-refractivity contribution in [1.29, 1.82) is 0 Å². The van der Waals surface area contributed by atoms with Crippen molar-refractivity contribution in [3.8, 4) is 5.75 Å². The van der Waals surface area contributed by atoms with Gasteiger partial charge in [0, 0.05) is 40.8 Å². The Morgan fingerprint density at radius 3 is 2.81 bits per heavy atom. The SMILES string of the molecule is O=C1CCC(N2Cc3cc4c(cc3C2=O)OCC42CCN(Cc3cccc4ccsc34)CC2)C(=O)N1. The maximum atomic E-state index is 13.2. The summed E-state index contributed by atoms with van der Waals surface area (Å²) in [6, 6.07) is 12.2. The molecule has 2 fully saturated rings. The van der Waals surface area contributed by atoms with Crippen LogP contribution in [0, 0.1) is 0 Å². The number of fused-ring (bicyclic) bond motifs is 4. The van der Waals surface area contributed by atoms with E-state index >= 15 is 0 Å². The fraction of sp³-hybridized carbons (Fsp3) is 0.393. The molecule has 4 aliphatic heterocycles. The number of piperidine rings is 2. The number of ether oxygens (including phenoxy) is 1. The second-order valence-electron chi connectivity index (χ2n) is 10.5. The maximum Gasteiger partial charge on any atom is 0.255 e. The molecule has 1 aromatic heterocycles. The Balaban J connectivity index is 1.09. The van der Waals surface area contributed by atoms with Crippen molar-refractivity contribution in [2.75, 3.05) is 19.7 Å². The van der Waals surface area contributed by atoms with Crippen LogP contribution < -0.4 is 10.1 Å². The Labute approximate surface area is 213 Å². The van der Waals surface area contributed by atoms with Gasteiger partial charge in [0.25, 0.3) is 5.91 Å². The van der Waals surface area contributed by atoms with Crippen LogP contribution in [0.5, 0.6) is 5.75 Å². The molecule has 3 amide bonds. The van der Waals surface area contributed by atoms with Crippen LogP contribution in [0.3, 0.4) is 0 Å². The van der Waals surface area contributed by atoms with Crippen LogP contribution in [0.25, 0.3) is 10.1 Å².